The summed E-state index contributed by atoms with van der Waals surface area (Å²) in [6.07, 6.45) is 2.24. The van der Waals surface area contributed by atoms with E-state index in [1.165, 1.54) is 13.2 Å². The number of halogens is 1. The molecule has 2 aliphatic rings. The molecule has 0 saturated heterocycles. The number of ether oxygens (including phenoxy) is 3. The summed E-state index contributed by atoms with van der Waals surface area (Å²) < 4.78 is 17.5. The Morgan fingerprint density at radius 1 is 1.31 bits per heavy atom. The van der Waals surface area contributed by atoms with E-state index in [-0.39, 0.29) is 32.1 Å². The number of hydrogen-bond donors (Lipinski definition) is 3. The molecular formula is C25H33IN2O8. The van der Waals surface area contributed by atoms with Crippen molar-refractivity contribution in [3.63, 3.8) is 0 Å². The fourth-order valence-electron chi connectivity index (χ4n) is 4.11. The SMILES string of the molecule is CCOCC(=O)N(CC1CC1)[C@@H]1CC(C(=O)NCCO)=C[C@H](Oc2c(I)cc(C=O)cc2OC)[C@H]1O. The Kier molecular flexibility index (Phi) is 10.5. The second-order valence-electron chi connectivity index (χ2n) is 8.79. The highest BCUT2D eigenvalue weighted by Gasteiger charge is 2.42. The number of carbonyl (C=O) groups is 3. The summed E-state index contributed by atoms with van der Waals surface area (Å²) in [4.78, 5) is 38.8. The normalized spacial score (nSPS) is 21.4. The van der Waals surface area contributed by atoms with E-state index in [4.69, 9.17) is 19.3 Å². The van der Waals surface area contributed by atoms with Gasteiger partial charge in [0.05, 0.1) is 23.3 Å². The lowest BCUT2D eigenvalue weighted by Gasteiger charge is -2.40. The van der Waals surface area contributed by atoms with E-state index in [9.17, 15) is 19.5 Å². The minimum absolute atomic E-state index is 0.0723. The van der Waals surface area contributed by atoms with Crippen molar-refractivity contribution in [2.45, 2.75) is 44.4 Å². The summed E-state index contributed by atoms with van der Waals surface area (Å²) >= 11 is 2.01. The van der Waals surface area contributed by atoms with E-state index in [0.717, 1.165) is 12.8 Å². The van der Waals surface area contributed by atoms with Crippen LogP contribution in [0.1, 0.15) is 36.5 Å². The van der Waals surface area contributed by atoms with E-state index in [2.05, 4.69) is 5.32 Å². The van der Waals surface area contributed by atoms with E-state index >= 15 is 0 Å². The molecule has 0 aliphatic heterocycles. The summed E-state index contributed by atoms with van der Waals surface area (Å²) in [5.41, 5.74) is 0.745. The van der Waals surface area contributed by atoms with Crippen LogP contribution in [-0.2, 0) is 14.3 Å². The van der Waals surface area contributed by atoms with Crippen molar-refractivity contribution in [2.75, 3.05) is 40.0 Å². The molecule has 2 aliphatic carbocycles. The van der Waals surface area contributed by atoms with Gasteiger partial charge < -0.3 is 34.6 Å². The smallest absolute Gasteiger partial charge is 0.248 e. The summed E-state index contributed by atoms with van der Waals surface area (Å²) in [5, 5.41) is 23.2. The monoisotopic (exact) mass is 616 g/mol. The maximum absolute atomic E-state index is 13.1. The van der Waals surface area contributed by atoms with Gasteiger partial charge in [0.2, 0.25) is 11.8 Å². The van der Waals surface area contributed by atoms with Crippen molar-refractivity contribution in [2.24, 2.45) is 5.92 Å². The standard InChI is InChI=1S/C25H33IN2O8/c1-3-35-14-22(31)28(12-15-4-5-15)19-10-17(25(33)27-6-7-29)11-20(23(19)32)36-24-18(26)8-16(13-30)9-21(24)34-2/h8-9,11,13,15,19-20,23,29,32H,3-7,10,12,14H2,1-2H3,(H,27,33)/t19-,20+,23+/m1/s1. The highest BCUT2D eigenvalue weighted by atomic mass is 127. The van der Waals surface area contributed by atoms with Gasteiger partial charge >= 0.3 is 0 Å². The molecule has 3 atom stereocenters. The zero-order valence-corrected chi connectivity index (χ0v) is 22.6. The summed E-state index contributed by atoms with van der Waals surface area (Å²) in [6.45, 7) is 2.38. The number of aliphatic hydroxyl groups is 2. The lowest BCUT2D eigenvalue weighted by molar-refractivity contribution is -0.143. The zero-order chi connectivity index (χ0) is 26.2. The zero-order valence-electron chi connectivity index (χ0n) is 20.4. The van der Waals surface area contributed by atoms with Gasteiger partial charge in [-0.1, -0.05) is 0 Å². The Morgan fingerprint density at radius 2 is 2.06 bits per heavy atom. The molecule has 1 aromatic carbocycles. The maximum Gasteiger partial charge on any atom is 0.248 e. The molecule has 3 N–H and O–H groups in total. The van der Waals surface area contributed by atoms with Crippen molar-refractivity contribution < 1.29 is 38.8 Å². The first-order chi connectivity index (χ1) is 17.3. The van der Waals surface area contributed by atoms with Crippen molar-refractivity contribution in [1.29, 1.82) is 0 Å². The number of nitrogens with zero attached hydrogens (tertiary/aromatic N) is 1. The second-order valence-corrected chi connectivity index (χ2v) is 9.96. The van der Waals surface area contributed by atoms with Crippen LogP contribution < -0.4 is 14.8 Å². The van der Waals surface area contributed by atoms with E-state index in [0.29, 0.717) is 51.6 Å². The number of benzene rings is 1. The molecule has 1 saturated carbocycles. The number of aldehydes is 1. The topological polar surface area (TPSA) is 135 Å². The molecule has 0 heterocycles. The Hall–Kier alpha value is -2.22. The van der Waals surface area contributed by atoms with E-state index < -0.39 is 24.2 Å². The van der Waals surface area contributed by atoms with Crippen LogP contribution in [0.25, 0.3) is 0 Å². The number of rotatable bonds is 13. The number of aliphatic hydroxyl groups excluding tert-OH is 2. The Bertz CT molecular complexity index is 981. The third-order valence-corrected chi connectivity index (χ3v) is 6.96. The minimum Gasteiger partial charge on any atom is -0.493 e. The predicted octanol–water partition coefficient (Wildman–Crippen LogP) is 1.30. The summed E-state index contributed by atoms with van der Waals surface area (Å²) in [6, 6.07) is 2.43. The van der Waals surface area contributed by atoms with Crippen LogP contribution >= 0.6 is 22.6 Å². The second kappa shape index (κ2) is 13.4. The van der Waals surface area contributed by atoms with Crippen LogP contribution in [0, 0.1) is 9.49 Å². The first-order valence-electron chi connectivity index (χ1n) is 12.0. The molecule has 1 aromatic rings. The van der Waals surface area contributed by atoms with Crippen molar-refractivity contribution >= 4 is 40.7 Å². The quantitative estimate of drug-likeness (QED) is 0.223. The molecule has 0 spiro atoms. The lowest BCUT2D eigenvalue weighted by atomic mass is 9.88. The van der Waals surface area contributed by atoms with Crippen LogP contribution in [-0.4, -0.2) is 91.5 Å². The van der Waals surface area contributed by atoms with Crippen molar-refractivity contribution in [1.82, 2.24) is 10.2 Å². The Balaban J connectivity index is 1.96. The average Bonchev–Trinajstić information content (AvgIpc) is 3.70. The Morgan fingerprint density at radius 3 is 2.67 bits per heavy atom. The lowest BCUT2D eigenvalue weighted by Crippen LogP contribution is -2.56. The van der Waals surface area contributed by atoms with Crippen molar-refractivity contribution in [3.8, 4) is 11.5 Å². The molecule has 0 unspecified atom stereocenters. The van der Waals surface area contributed by atoms with Crippen LogP contribution in [0.15, 0.2) is 23.8 Å². The van der Waals surface area contributed by atoms with Gasteiger partial charge in [-0.3, -0.25) is 14.4 Å². The van der Waals surface area contributed by atoms with Gasteiger partial charge in [0.25, 0.3) is 0 Å². The number of hydrogen-bond acceptors (Lipinski definition) is 8. The summed E-state index contributed by atoms with van der Waals surface area (Å²) in [7, 11) is 1.44. The number of amides is 2. The predicted molar refractivity (Wildman–Crippen MR) is 139 cm³/mol. The van der Waals surface area contributed by atoms with Gasteiger partial charge in [-0.25, -0.2) is 0 Å². The fraction of sp³-hybridized carbons (Fsp3) is 0.560. The summed E-state index contributed by atoms with van der Waals surface area (Å²) in [5.74, 6) is 0.299. The first kappa shape index (κ1) is 28.4. The third kappa shape index (κ3) is 7.17. The molecule has 2 amide bonds. The van der Waals surface area contributed by atoms with Crippen LogP contribution in [0.5, 0.6) is 11.5 Å². The number of carbonyl (C=O) groups excluding carboxylic acids is 3. The molecule has 0 bridgehead atoms. The molecule has 10 nitrogen and oxygen atoms in total. The molecular weight excluding hydrogens is 583 g/mol. The van der Waals surface area contributed by atoms with Crippen LogP contribution in [0.3, 0.4) is 0 Å². The largest absolute Gasteiger partial charge is 0.493 e. The highest BCUT2D eigenvalue weighted by molar-refractivity contribution is 14.1. The highest BCUT2D eigenvalue weighted by Crippen LogP contribution is 2.38. The molecule has 11 heteroatoms. The maximum atomic E-state index is 13.1. The van der Waals surface area contributed by atoms with E-state index in [1.807, 2.05) is 22.6 Å². The van der Waals surface area contributed by atoms with Gasteiger partial charge in [0.15, 0.2) is 11.5 Å². The number of nitrogens with one attached hydrogen (secondary N) is 1. The minimum atomic E-state index is -1.14. The Labute approximate surface area is 224 Å². The average molecular weight is 616 g/mol. The van der Waals surface area contributed by atoms with E-state index in [1.54, 1.807) is 24.0 Å². The molecule has 0 radical (unpaired) electrons. The molecule has 1 fully saturated rings. The van der Waals surface area contributed by atoms with Gasteiger partial charge in [-0.2, -0.15) is 0 Å². The van der Waals surface area contributed by atoms with Crippen LogP contribution in [0.4, 0.5) is 0 Å². The van der Waals surface area contributed by atoms with Gasteiger partial charge in [-0.15, -0.1) is 0 Å². The fourth-order valence-corrected chi connectivity index (χ4v) is 4.86. The van der Waals surface area contributed by atoms with Gasteiger partial charge in [-0.05, 0) is 66.5 Å². The molecule has 0 aromatic heterocycles. The third-order valence-electron chi connectivity index (χ3n) is 6.16. The number of methoxy groups -OCH3 is 1. The van der Waals surface area contributed by atoms with Gasteiger partial charge in [0.1, 0.15) is 25.1 Å². The first-order valence-corrected chi connectivity index (χ1v) is 13.0. The molecule has 3 rings (SSSR count). The molecule has 198 valence electrons. The van der Waals surface area contributed by atoms with Crippen LogP contribution in [0.2, 0.25) is 0 Å². The molecule has 36 heavy (non-hydrogen) atoms. The van der Waals surface area contributed by atoms with Gasteiger partial charge in [0, 0.05) is 37.3 Å². The van der Waals surface area contributed by atoms with Crippen molar-refractivity contribution in [3.05, 3.63) is 32.9 Å².